The number of nitrogens with zero attached hydrogens (tertiary/aromatic N) is 2. The summed E-state index contributed by atoms with van der Waals surface area (Å²) in [7, 11) is 1.57. The summed E-state index contributed by atoms with van der Waals surface area (Å²) in [6, 6.07) is 18.8. The van der Waals surface area contributed by atoms with Crippen LogP contribution in [0.1, 0.15) is 11.4 Å². The molecule has 4 rings (SSSR count). The molecule has 0 aliphatic heterocycles. The van der Waals surface area contributed by atoms with Crippen molar-refractivity contribution in [3.63, 3.8) is 0 Å². The molecule has 4 aromatic rings. The van der Waals surface area contributed by atoms with E-state index in [9.17, 15) is 15.0 Å². The number of ether oxygens (including phenoxy) is 1. The van der Waals surface area contributed by atoms with Crippen LogP contribution in [-0.4, -0.2) is 26.9 Å². The van der Waals surface area contributed by atoms with Crippen LogP contribution in [0.25, 0.3) is 28.7 Å². The molecule has 6 heteroatoms. The third-order valence-corrected chi connectivity index (χ3v) is 4.54. The number of hydrogen-bond acceptors (Lipinski definition) is 5. The maximum atomic E-state index is 13.2. The zero-order valence-electron chi connectivity index (χ0n) is 15.6. The molecule has 1 aromatic heterocycles. The van der Waals surface area contributed by atoms with E-state index in [4.69, 9.17) is 4.74 Å². The summed E-state index contributed by atoms with van der Waals surface area (Å²) in [5.41, 5.74) is 1.67. The summed E-state index contributed by atoms with van der Waals surface area (Å²) in [6.07, 6.45) is 3.41. The van der Waals surface area contributed by atoms with Crippen molar-refractivity contribution < 1.29 is 14.9 Å². The number of methoxy groups -OCH3 is 1. The molecule has 0 fully saturated rings. The summed E-state index contributed by atoms with van der Waals surface area (Å²) in [6.45, 7) is 0. The first-order valence-electron chi connectivity index (χ1n) is 8.93. The fourth-order valence-electron chi connectivity index (χ4n) is 3.08. The van der Waals surface area contributed by atoms with Crippen LogP contribution < -0.4 is 10.3 Å². The fraction of sp³-hybridized carbons (Fsp3) is 0.0435. The van der Waals surface area contributed by atoms with Crippen molar-refractivity contribution in [3.05, 3.63) is 88.5 Å². The van der Waals surface area contributed by atoms with E-state index in [0.717, 1.165) is 0 Å². The van der Waals surface area contributed by atoms with Gasteiger partial charge in [-0.1, -0.05) is 30.3 Å². The Morgan fingerprint density at radius 2 is 1.76 bits per heavy atom. The second-order valence-electron chi connectivity index (χ2n) is 6.41. The molecule has 0 radical (unpaired) electrons. The second kappa shape index (κ2) is 7.52. The van der Waals surface area contributed by atoms with Crippen molar-refractivity contribution >= 4 is 23.1 Å². The summed E-state index contributed by atoms with van der Waals surface area (Å²) in [4.78, 5) is 17.9. The van der Waals surface area contributed by atoms with Gasteiger partial charge in [-0.15, -0.1) is 0 Å². The lowest BCUT2D eigenvalue weighted by molar-refractivity contribution is 0.403. The number of benzene rings is 3. The minimum absolute atomic E-state index is 0.195. The highest BCUT2D eigenvalue weighted by Gasteiger charge is 2.11. The first kappa shape index (κ1) is 18.3. The van der Waals surface area contributed by atoms with Crippen molar-refractivity contribution in [1.82, 2.24) is 9.55 Å². The predicted molar refractivity (Wildman–Crippen MR) is 113 cm³/mol. The van der Waals surface area contributed by atoms with Crippen LogP contribution in [0.15, 0.2) is 71.5 Å². The van der Waals surface area contributed by atoms with Gasteiger partial charge in [0.2, 0.25) is 0 Å². The highest BCUT2D eigenvalue weighted by atomic mass is 16.5. The van der Waals surface area contributed by atoms with Crippen LogP contribution in [-0.2, 0) is 0 Å². The van der Waals surface area contributed by atoms with Crippen LogP contribution in [0.4, 0.5) is 0 Å². The maximum absolute atomic E-state index is 13.2. The Balaban J connectivity index is 1.92. The van der Waals surface area contributed by atoms with Gasteiger partial charge < -0.3 is 14.9 Å². The molecular formula is C23H18N2O4. The Bertz CT molecular complexity index is 1290. The largest absolute Gasteiger partial charge is 0.504 e. The van der Waals surface area contributed by atoms with Gasteiger partial charge in [0, 0.05) is 6.07 Å². The van der Waals surface area contributed by atoms with Gasteiger partial charge in [0.1, 0.15) is 11.6 Å². The Kier molecular flexibility index (Phi) is 4.75. The summed E-state index contributed by atoms with van der Waals surface area (Å²) < 4.78 is 6.81. The first-order valence-corrected chi connectivity index (χ1v) is 8.93. The summed E-state index contributed by atoms with van der Waals surface area (Å²) in [5.74, 6) is 0.638. The van der Waals surface area contributed by atoms with Crippen molar-refractivity contribution in [1.29, 1.82) is 0 Å². The predicted octanol–water partition coefficient (Wildman–Crippen LogP) is 3.98. The molecule has 1 heterocycles. The summed E-state index contributed by atoms with van der Waals surface area (Å²) in [5, 5.41) is 19.7. The van der Waals surface area contributed by atoms with Gasteiger partial charge in [-0.3, -0.25) is 9.36 Å². The van der Waals surface area contributed by atoms with Gasteiger partial charge in [-0.05, 0) is 48.0 Å². The van der Waals surface area contributed by atoms with E-state index in [2.05, 4.69) is 4.98 Å². The number of aromatic nitrogens is 2. The average molecular weight is 386 g/mol. The number of phenols is 2. The average Bonchev–Trinajstić information content (AvgIpc) is 2.74. The molecule has 0 saturated carbocycles. The molecule has 0 aliphatic carbocycles. The van der Waals surface area contributed by atoms with Crippen LogP contribution >= 0.6 is 0 Å². The van der Waals surface area contributed by atoms with Gasteiger partial charge in [-0.2, -0.15) is 0 Å². The maximum Gasteiger partial charge on any atom is 0.266 e. The topological polar surface area (TPSA) is 84.6 Å². The van der Waals surface area contributed by atoms with Gasteiger partial charge >= 0.3 is 0 Å². The lowest BCUT2D eigenvalue weighted by atomic mass is 10.1. The molecular weight excluding hydrogens is 368 g/mol. The third-order valence-electron chi connectivity index (χ3n) is 4.54. The molecule has 29 heavy (non-hydrogen) atoms. The van der Waals surface area contributed by atoms with Crippen molar-refractivity contribution in [2.24, 2.45) is 0 Å². The SMILES string of the molecule is COc1cccc(-n2c(C=Cc3ccc(O)c(O)c3)nc3ccccc3c2=O)c1. The number of para-hydroxylation sites is 1. The molecule has 0 atom stereocenters. The number of rotatable bonds is 4. The molecule has 0 amide bonds. The van der Waals surface area contributed by atoms with Gasteiger partial charge in [0.05, 0.1) is 23.7 Å². The van der Waals surface area contributed by atoms with E-state index in [1.165, 1.54) is 16.7 Å². The fourth-order valence-corrected chi connectivity index (χ4v) is 3.08. The monoisotopic (exact) mass is 386 g/mol. The minimum atomic E-state index is -0.219. The van der Waals surface area contributed by atoms with Crippen LogP contribution in [0.3, 0.4) is 0 Å². The molecule has 0 aliphatic rings. The molecule has 0 saturated heterocycles. The van der Waals surface area contributed by atoms with Crippen LogP contribution in [0.2, 0.25) is 0 Å². The Hall–Kier alpha value is -4.06. The van der Waals surface area contributed by atoms with Gasteiger partial charge in [0.25, 0.3) is 5.56 Å². The minimum Gasteiger partial charge on any atom is -0.504 e. The molecule has 0 unspecified atom stereocenters. The van der Waals surface area contributed by atoms with E-state index >= 15 is 0 Å². The normalized spacial score (nSPS) is 11.2. The standard InChI is InChI=1S/C23H18N2O4/c1-29-17-6-4-5-16(14-17)25-22(12-10-15-9-11-20(26)21(27)13-15)24-19-8-3-2-7-18(19)23(25)28/h2-14,26-27H,1H3. The van der Waals surface area contributed by atoms with E-state index in [1.807, 2.05) is 12.1 Å². The van der Waals surface area contributed by atoms with Crippen LogP contribution in [0.5, 0.6) is 17.2 Å². The molecule has 144 valence electrons. The quantitative estimate of drug-likeness (QED) is 0.519. The molecule has 6 nitrogen and oxygen atoms in total. The Morgan fingerprint density at radius 3 is 2.55 bits per heavy atom. The van der Waals surface area contributed by atoms with E-state index < -0.39 is 0 Å². The number of phenolic OH excluding ortho intramolecular Hbond substituents is 2. The first-order chi connectivity index (χ1) is 14.1. The molecule has 2 N–H and O–H groups in total. The van der Waals surface area contributed by atoms with Gasteiger partial charge in [-0.25, -0.2) is 4.98 Å². The van der Waals surface area contributed by atoms with Crippen LogP contribution in [0, 0.1) is 0 Å². The second-order valence-corrected chi connectivity index (χ2v) is 6.41. The number of aromatic hydroxyl groups is 2. The van der Waals surface area contributed by atoms with Crippen molar-refractivity contribution in [2.45, 2.75) is 0 Å². The zero-order valence-corrected chi connectivity index (χ0v) is 15.6. The molecule has 0 spiro atoms. The Morgan fingerprint density at radius 1 is 0.931 bits per heavy atom. The number of hydrogen-bond donors (Lipinski definition) is 2. The lowest BCUT2D eigenvalue weighted by Gasteiger charge is -2.12. The zero-order chi connectivity index (χ0) is 20.4. The van der Waals surface area contributed by atoms with Crippen molar-refractivity contribution in [2.75, 3.05) is 7.11 Å². The highest BCUT2D eigenvalue weighted by molar-refractivity contribution is 5.80. The van der Waals surface area contributed by atoms with E-state index in [1.54, 1.807) is 61.7 Å². The molecule has 3 aromatic carbocycles. The lowest BCUT2D eigenvalue weighted by Crippen LogP contribution is -2.22. The highest BCUT2D eigenvalue weighted by Crippen LogP contribution is 2.26. The third kappa shape index (κ3) is 3.55. The van der Waals surface area contributed by atoms with Crippen molar-refractivity contribution in [3.8, 4) is 22.9 Å². The Labute approximate surface area is 166 Å². The summed E-state index contributed by atoms with van der Waals surface area (Å²) >= 11 is 0. The van der Waals surface area contributed by atoms with E-state index in [0.29, 0.717) is 33.7 Å². The molecule has 0 bridgehead atoms. The van der Waals surface area contributed by atoms with Gasteiger partial charge in [0.15, 0.2) is 11.5 Å². The smallest absolute Gasteiger partial charge is 0.266 e. The number of fused-ring (bicyclic) bond motifs is 1. The van der Waals surface area contributed by atoms with E-state index in [-0.39, 0.29) is 17.1 Å².